The van der Waals surface area contributed by atoms with E-state index in [2.05, 4.69) is 4.98 Å². The predicted octanol–water partition coefficient (Wildman–Crippen LogP) is 2.58. The van der Waals surface area contributed by atoms with E-state index in [1.165, 1.54) is 18.5 Å². The number of esters is 1. The van der Waals surface area contributed by atoms with Crippen molar-refractivity contribution in [2.75, 3.05) is 12.3 Å². The van der Waals surface area contributed by atoms with E-state index in [4.69, 9.17) is 10.5 Å². The molecule has 2 aromatic rings. The Labute approximate surface area is 122 Å². The highest BCUT2D eigenvalue weighted by atomic mass is 19.1. The lowest BCUT2D eigenvalue weighted by Crippen LogP contribution is -2.13. The van der Waals surface area contributed by atoms with Crippen LogP contribution in [-0.2, 0) is 11.2 Å². The smallest absolute Gasteiger partial charge is 0.360 e. The van der Waals surface area contributed by atoms with Crippen molar-refractivity contribution in [1.82, 2.24) is 9.55 Å². The third-order valence-corrected chi connectivity index (χ3v) is 3.22. The molecule has 1 unspecified atom stereocenters. The summed E-state index contributed by atoms with van der Waals surface area (Å²) in [6.07, 6.45) is 2.18. The summed E-state index contributed by atoms with van der Waals surface area (Å²) in [5.41, 5.74) is 7.06. The van der Waals surface area contributed by atoms with Gasteiger partial charge in [0.2, 0.25) is 0 Å². The molecule has 6 heteroatoms. The molecule has 112 valence electrons. The largest absolute Gasteiger partial charge is 0.461 e. The summed E-state index contributed by atoms with van der Waals surface area (Å²) >= 11 is 0. The van der Waals surface area contributed by atoms with Gasteiger partial charge in [0, 0.05) is 6.04 Å². The Morgan fingerprint density at radius 2 is 2.10 bits per heavy atom. The lowest BCUT2D eigenvalue weighted by atomic mass is 10.1. The fourth-order valence-electron chi connectivity index (χ4n) is 2.14. The van der Waals surface area contributed by atoms with Crippen LogP contribution in [0.3, 0.4) is 0 Å². The first-order valence-corrected chi connectivity index (χ1v) is 6.76. The Bertz CT molecular complexity index is 622. The van der Waals surface area contributed by atoms with E-state index < -0.39 is 5.97 Å². The van der Waals surface area contributed by atoms with Crippen LogP contribution >= 0.6 is 0 Å². The van der Waals surface area contributed by atoms with Crippen molar-refractivity contribution >= 4 is 11.8 Å². The number of halogens is 1. The van der Waals surface area contributed by atoms with E-state index in [9.17, 15) is 9.18 Å². The van der Waals surface area contributed by atoms with Gasteiger partial charge in [-0.2, -0.15) is 0 Å². The molecular formula is C15H18FN3O2. The van der Waals surface area contributed by atoms with Gasteiger partial charge in [-0.05, 0) is 38.0 Å². The van der Waals surface area contributed by atoms with Gasteiger partial charge in [0.25, 0.3) is 0 Å². The number of nitrogen functional groups attached to an aromatic ring is 1. The van der Waals surface area contributed by atoms with Crippen LogP contribution in [0.1, 0.15) is 35.9 Å². The number of imidazole rings is 1. The van der Waals surface area contributed by atoms with Crippen molar-refractivity contribution in [3.8, 4) is 0 Å². The van der Waals surface area contributed by atoms with Gasteiger partial charge in [-0.1, -0.05) is 12.1 Å². The van der Waals surface area contributed by atoms with Gasteiger partial charge < -0.3 is 15.0 Å². The molecule has 21 heavy (non-hydrogen) atoms. The molecule has 1 aromatic heterocycles. The lowest BCUT2D eigenvalue weighted by Gasteiger charge is -2.15. The van der Waals surface area contributed by atoms with Crippen molar-refractivity contribution in [3.63, 3.8) is 0 Å². The molecule has 5 nitrogen and oxygen atoms in total. The number of aromatic nitrogens is 2. The van der Waals surface area contributed by atoms with Crippen molar-refractivity contribution in [3.05, 3.63) is 47.7 Å². The van der Waals surface area contributed by atoms with Gasteiger partial charge >= 0.3 is 5.97 Å². The minimum atomic E-state index is -0.525. The number of anilines is 1. The molecule has 0 aliphatic heterocycles. The van der Waals surface area contributed by atoms with E-state index in [-0.39, 0.29) is 30.0 Å². The van der Waals surface area contributed by atoms with Crippen molar-refractivity contribution in [2.45, 2.75) is 26.3 Å². The van der Waals surface area contributed by atoms with E-state index in [0.717, 1.165) is 5.56 Å². The first-order chi connectivity index (χ1) is 10.0. The van der Waals surface area contributed by atoms with Crippen molar-refractivity contribution in [1.29, 1.82) is 0 Å². The second kappa shape index (κ2) is 6.39. The van der Waals surface area contributed by atoms with Crippen LogP contribution in [0.15, 0.2) is 30.6 Å². The molecule has 0 aliphatic carbocycles. The Morgan fingerprint density at radius 3 is 2.71 bits per heavy atom. The van der Waals surface area contributed by atoms with E-state index in [0.29, 0.717) is 6.42 Å². The quantitative estimate of drug-likeness (QED) is 0.860. The van der Waals surface area contributed by atoms with Crippen LogP contribution in [0.5, 0.6) is 0 Å². The van der Waals surface area contributed by atoms with Crippen LogP contribution in [-0.4, -0.2) is 22.1 Å². The second-order valence-electron chi connectivity index (χ2n) is 4.79. The zero-order valence-electron chi connectivity index (χ0n) is 12.0. The zero-order valence-corrected chi connectivity index (χ0v) is 12.0. The summed E-state index contributed by atoms with van der Waals surface area (Å²) < 4.78 is 19.5. The highest BCUT2D eigenvalue weighted by Crippen LogP contribution is 2.21. The molecule has 0 saturated heterocycles. The number of carbonyl (C=O) groups excluding carboxylic acids is 1. The number of hydrogen-bond acceptors (Lipinski definition) is 4. The second-order valence-corrected chi connectivity index (χ2v) is 4.79. The van der Waals surface area contributed by atoms with Gasteiger partial charge in [-0.25, -0.2) is 14.2 Å². The average molecular weight is 291 g/mol. The third-order valence-electron chi connectivity index (χ3n) is 3.22. The molecule has 2 rings (SSSR count). The Hall–Kier alpha value is -2.37. The Kier molecular flexibility index (Phi) is 4.57. The number of nitrogens with two attached hydrogens (primary N) is 1. The number of rotatable bonds is 5. The molecule has 0 spiro atoms. The van der Waals surface area contributed by atoms with Gasteiger partial charge in [-0.3, -0.25) is 0 Å². The summed E-state index contributed by atoms with van der Waals surface area (Å²) in [6, 6.07) is 6.29. The maximum absolute atomic E-state index is 12.9. The molecule has 0 saturated carbocycles. The summed E-state index contributed by atoms with van der Waals surface area (Å²) in [4.78, 5) is 15.7. The van der Waals surface area contributed by atoms with Crippen LogP contribution in [0.2, 0.25) is 0 Å². The first kappa shape index (κ1) is 15.0. The summed E-state index contributed by atoms with van der Waals surface area (Å²) in [6.45, 7) is 3.95. The van der Waals surface area contributed by atoms with Gasteiger partial charge in [0.05, 0.1) is 12.9 Å². The highest BCUT2D eigenvalue weighted by Gasteiger charge is 2.19. The van der Waals surface area contributed by atoms with E-state index in [1.54, 1.807) is 23.6 Å². The maximum Gasteiger partial charge on any atom is 0.360 e. The number of benzene rings is 1. The van der Waals surface area contributed by atoms with Crippen molar-refractivity contribution < 1.29 is 13.9 Å². The number of ether oxygens (including phenoxy) is 1. The molecule has 0 fully saturated rings. The monoisotopic (exact) mass is 291 g/mol. The third kappa shape index (κ3) is 3.39. The normalized spacial score (nSPS) is 12.1. The molecule has 1 aromatic carbocycles. The SMILES string of the molecule is CCOC(=O)c1ncn(C(C)Cc2ccc(F)cc2)c1N. The minimum Gasteiger partial charge on any atom is -0.461 e. The number of carbonyl (C=O) groups is 1. The Morgan fingerprint density at radius 1 is 1.43 bits per heavy atom. The molecule has 0 bridgehead atoms. The highest BCUT2D eigenvalue weighted by molar-refractivity contribution is 5.92. The molecule has 1 atom stereocenters. The standard InChI is InChI=1S/C15H18FN3O2/c1-3-21-15(20)13-14(17)19(9-18-13)10(2)8-11-4-6-12(16)7-5-11/h4-7,9-10H,3,8,17H2,1-2H3. The fraction of sp³-hybridized carbons (Fsp3) is 0.333. The van der Waals surface area contributed by atoms with E-state index >= 15 is 0 Å². The Balaban J connectivity index is 2.14. The predicted molar refractivity (Wildman–Crippen MR) is 77.4 cm³/mol. The first-order valence-electron chi connectivity index (χ1n) is 6.76. The van der Waals surface area contributed by atoms with Crippen molar-refractivity contribution in [2.24, 2.45) is 0 Å². The zero-order chi connectivity index (χ0) is 15.4. The minimum absolute atomic E-state index is 0.00821. The van der Waals surface area contributed by atoms with Crippen LogP contribution in [0.25, 0.3) is 0 Å². The van der Waals surface area contributed by atoms with E-state index in [1.807, 2.05) is 6.92 Å². The number of nitrogens with zero attached hydrogens (tertiary/aromatic N) is 2. The maximum atomic E-state index is 12.9. The van der Waals surface area contributed by atoms with Crippen LogP contribution in [0.4, 0.5) is 10.2 Å². The molecule has 0 aliphatic rings. The topological polar surface area (TPSA) is 70.1 Å². The van der Waals surface area contributed by atoms with Crippen LogP contribution in [0, 0.1) is 5.82 Å². The summed E-state index contributed by atoms with van der Waals surface area (Å²) in [5.74, 6) is -0.510. The fourth-order valence-corrected chi connectivity index (χ4v) is 2.14. The molecule has 1 heterocycles. The molecule has 2 N–H and O–H groups in total. The van der Waals surface area contributed by atoms with Gasteiger partial charge in [-0.15, -0.1) is 0 Å². The van der Waals surface area contributed by atoms with Gasteiger partial charge in [0.15, 0.2) is 5.69 Å². The summed E-state index contributed by atoms with van der Waals surface area (Å²) in [5, 5.41) is 0. The van der Waals surface area contributed by atoms with Gasteiger partial charge in [0.1, 0.15) is 11.6 Å². The lowest BCUT2D eigenvalue weighted by molar-refractivity contribution is 0.0521. The molecule has 0 radical (unpaired) electrons. The molecule has 0 amide bonds. The molecular weight excluding hydrogens is 273 g/mol. The van der Waals surface area contributed by atoms with Crippen LogP contribution < -0.4 is 5.73 Å². The average Bonchev–Trinajstić information content (AvgIpc) is 2.83. The summed E-state index contributed by atoms with van der Waals surface area (Å²) in [7, 11) is 0. The number of hydrogen-bond donors (Lipinski definition) is 1.